The maximum Gasteiger partial charge on any atom is 0.282 e. The lowest BCUT2D eigenvalue weighted by Gasteiger charge is -2.41. The van der Waals surface area contributed by atoms with Crippen LogP contribution in [0, 0.1) is 0 Å². The molecule has 2 heterocycles. The van der Waals surface area contributed by atoms with Gasteiger partial charge < -0.3 is 10.5 Å². The molecular weight excluding hydrogens is 266 g/mol. The largest absolute Gasteiger partial charge is 0.373 e. The van der Waals surface area contributed by atoms with E-state index in [0.717, 1.165) is 19.3 Å². The molecule has 0 aromatic carbocycles. The summed E-state index contributed by atoms with van der Waals surface area (Å²) in [7, 11) is -3.41. The van der Waals surface area contributed by atoms with Gasteiger partial charge in [-0.2, -0.15) is 17.0 Å². The van der Waals surface area contributed by atoms with Crippen molar-refractivity contribution in [3.8, 4) is 0 Å². The van der Waals surface area contributed by atoms with Crippen LogP contribution in [0.4, 0.5) is 0 Å². The Morgan fingerprint density at radius 2 is 1.84 bits per heavy atom. The van der Waals surface area contributed by atoms with E-state index >= 15 is 0 Å². The molecule has 19 heavy (non-hydrogen) atoms. The highest BCUT2D eigenvalue weighted by molar-refractivity contribution is 7.86. The summed E-state index contributed by atoms with van der Waals surface area (Å²) in [5.41, 5.74) is 5.73. The van der Waals surface area contributed by atoms with Crippen LogP contribution in [-0.4, -0.2) is 61.5 Å². The maximum atomic E-state index is 12.7. The second-order valence-corrected chi connectivity index (χ2v) is 7.46. The molecule has 0 aromatic rings. The van der Waals surface area contributed by atoms with Crippen molar-refractivity contribution >= 4 is 10.2 Å². The standard InChI is InChI=1S/C12H25N3O3S/c1-10-8-14(9-11(2)18-10)19(16,17)15-6-4-3-5-12(15)7-13/h10-12H,3-9,13H2,1-2H3/t10-,11-,12-/m1/s1. The topological polar surface area (TPSA) is 75.9 Å². The number of rotatable bonds is 3. The molecule has 2 saturated heterocycles. The van der Waals surface area contributed by atoms with Gasteiger partial charge in [-0.25, -0.2) is 0 Å². The van der Waals surface area contributed by atoms with E-state index in [9.17, 15) is 8.42 Å². The van der Waals surface area contributed by atoms with E-state index in [0.29, 0.717) is 26.2 Å². The third-order valence-corrected chi connectivity index (χ3v) is 5.88. The normalized spacial score (nSPS) is 35.4. The molecule has 0 saturated carbocycles. The van der Waals surface area contributed by atoms with Crippen molar-refractivity contribution in [2.75, 3.05) is 26.2 Å². The second kappa shape index (κ2) is 6.05. The smallest absolute Gasteiger partial charge is 0.282 e. The molecule has 0 amide bonds. The molecule has 0 aliphatic carbocycles. The fourth-order valence-corrected chi connectivity index (χ4v) is 5.00. The highest BCUT2D eigenvalue weighted by atomic mass is 32.2. The number of ether oxygens (including phenoxy) is 1. The van der Waals surface area contributed by atoms with Gasteiger partial charge in [-0.3, -0.25) is 0 Å². The van der Waals surface area contributed by atoms with Crippen LogP contribution in [0.15, 0.2) is 0 Å². The Kier molecular flexibility index (Phi) is 4.84. The van der Waals surface area contributed by atoms with Crippen LogP contribution in [-0.2, 0) is 14.9 Å². The fourth-order valence-electron chi connectivity index (χ4n) is 2.98. The number of piperidine rings is 1. The molecule has 7 heteroatoms. The van der Waals surface area contributed by atoms with Gasteiger partial charge in [0.2, 0.25) is 0 Å². The molecule has 6 nitrogen and oxygen atoms in total. The first kappa shape index (κ1) is 15.2. The molecule has 112 valence electrons. The molecule has 0 bridgehead atoms. The number of nitrogens with zero attached hydrogens (tertiary/aromatic N) is 2. The Labute approximate surface area is 116 Å². The first-order chi connectivity index (χ1) is 8.95. The molecule has 0 radical (unpaired) electrons. The molecule has 0 unspecified atom stereocenters. The lowest BCUT2D eigenvalue weighted by atomic mass is 10.1. The lowest BCUT2D eigenvalue weighted by molar-refractivity contribution is -0.0459. The van der Waals surface area contributed by atoms with Crippen molar-refractivity contribution in [3.63, 3.8) is 0 Å². The van der Waals surface area contributed by atoms with Crippen molar-refractivity contribution in [1.29, 1.82) is 0 Å². The van der Waals surface area contributed by atoms with Crippen molar-refractivity contribution in [2.45, 2.75) is 51.4 Å². The monoisotopic (exact) mass is 291 g/mol. The average molecular weight is 291 g/mol. The molecule has 3 atom stereocenters. The van der Waals surface area contributed by atoms with Gasteiger partial charge in [0, 0.05) is 32.2 Å². The van der Waals surface area contributed by atoms with Gasteiger partial charge in [0.25, 0.3) is 10.2 Å². The summed E-state index contributed by atoms with van der Waals surface area (Å²) in [6, 6.07) is -0.0489. The molecular formula is C12H25N3O3S. The number of hydrogen-bond acceptors (Lipinski definition) is 4. The first-order valence-electron chi connectivity index (χ1n) is 7.07. The molecule has 2 aliphatic rings. The summed E-state index contributed by atoms with van der Waals surface area (Å²) in [5.74, 6) is 0. The minimum Gasteiger partial charge on any atom is -0.373 e. The average Bonchev–Trinajstić information content (AvgIpc) is 2.37. The number of hydrogen-bond donors (Lipinski definition) is 1. The van der Waals surface area contributed by atoms with Gasteiger partial charge in [0.05, 0.1) is 12.2 Å². The van der Waals surface area contributed by atoms with Crippen LogP contribution < -0.4 is 5.73 Å². The van der Waals surface area contributed by atoms with Crippen LogP contribution in [0.5, 0.6) is 0 Å². The van der Waals surface area contributed by atoms with E-state index < -0.39 is 10.2 Å². The summed E-state index contributed by atoms with van der Waals surface area (Å²) < 4.78 is 34.2. The Morgan fingerprint density at radius 3 is 2.42 bits per heavy atom. The Balaban J connectivity index is 2.16. The summed E-state index contributed by atoms with van der Waals surface area (Å²) >= 11 is 0. The third-order valence-electron chi connectivity index (χ3n) is 3.85. The van der Waals surface area contributed by atoms with Crippen molar-refractivity contribution in [2.24, 2.45) is 5.73 Å². The van der Waals surface area contributed by atoms with Gasteiger partial charge >= 0.3 is 0 Å². The van der Waals surface area contributed by atoms with Crippen LogP contribution in [0.3, 0.4) is 0 Å². The van der Waals surface area contributed by atoms with Gasteiger partial charge in [-0.1, -0.05) is 6.42 Å². The summed E-state index contributed by atoms with van der Waals surface area (Å²) in [5, 5.41) is 0. The van der Waals surface area contributed by atoms with Crippen LogP contribution in [0.2, 0.25) is 0 Å². The predicted molar refractivity (Wildman–Crippen MR) is 73.9 cm³/mol. The molecule has 2 aliphatic heterocycles. The quantitative estimate of drug-likeness (QED) is 0.803. The van der Waals surface area contributed by atoms with Gasteiger partial charge in [0.1, 0.15) is 0 Å². The SMILES string of the molecule is C[C@@H]1CN(S(=O)(=O)N2CCCC[C@@H]2CN)C[C@@H](C)O1. The van der Waals surface area contributed by atoms with Gasteiger partial charge in [-0.05, 0) is 26.7 Å². The fraction of sp³-hybridized carbons (Fsp3) is 1.00. The molecule has 2 rings (SSSR count). The summed E-state index contributed by atoms with van der Waals surface area (Å²) in [6.07, 6.45) is 2.74. The zero-order chi connectivity index (χ0) is 14.0. The predicted octanol–water partition coefficient (Wildman–Crippen LogP) is 0.154. The van der Waals surface area contributed by atoms with Gasteiger partial charge in [-0.15, -0.1) is 0 Å². The molecule has 0 aromatic heterocycles. The molecule has 2 fully saturated rings. The zero-order valence-corrected chi connectivity index (χ0v) is 12.6. The minimum absolute atomic E-state index is 0.0489. The van der Waals surface area contributed by atoms with E-state index in [1.54, 1.807) is 8.61 Å². The third kappa shape index (κ3) is 3.28. The van der Waals surface area contributed by atoms with Crippen LogP contribution >= 0.6 is 0 Å². The molecule has 2 N–H and O–H groups in total. The highest BCUT2D eigenvalue weighted by Gasteiger charge is 2.39. The summed E-state index contributed by atoms with van der Waals surface area (Å²) in [4.78, 5) is 0. The van der Waals surface area contributed by atoms with Crippen molar-refractivity contribution < 1.29 is 13.2 Å². The van der Waals surface area contributed by atoms with Crippen molar-refractivity contribution in [3.05, 3.63) is 0 Å². The van der Waals surface area contributed by atoms with E-state index in [2.05, 4.69) is 0 Å². The Morgan fingerprint density at radius 1 is 1.21 bits per heavy atom. The Hall–Kier alpha value is -0.210. The first-order valence-corrected chi connectivity index (χ1v) is 8.47. The Bertz CT molecular complexity index is 391. The minimum atomic E-state index is -3.41. The van der Waals surface area contributed by atoms with Crippen LogP contribution in [0.1, 0.15) is 33.1 Å². The number of nitrogens with two attached hydrogens (primary N) is 1. The van der Waals surface area contributed by atoms with E-state index in [1.807, 2.05) is 13.8 Å². The van der Waals surface area contributed by atoms with E-state index in [-0.39, 0.29) is 18.2 Å². The van der Waals surface area contributed by atoms with Crippen molar-refractivity contribution in [1.82, 2.24) is 8.61 Å². The number of morpholine rings is 1. The highest BCUT2D eigenvalue weighted by Crippen LogP contribution is 2.24. The lowest BCUT2D eigenvalue weighted by Crippen LogP contribution is -2.57. The summed E-state index contributed by atoms with van der Waals surface area (Å²) in [6.45, 7) is 5.67. The maximum absolute atomic E-state index is 12.7. The van der Waals surface area contributed by atoms with Gasteiger partial charge in [0.15, 0.2) is 0 Å². The van der Waals surface area contributed by atoms with E-state index in [1.165, 1.54) is 0 Å². The zero-order valence-electron chi connectivity index (χ0n) is 11.8. The second-order valence-electron chi connectivity index (χ2n) is 5.58. The van der Waals surface area contributed by atoms with Crippen LogP contribution in [0.25, 0.3) is 0 Å². The molecule has 0 spiro atoms. The van der Waals surface area contributed by atoms with E-state index in [4.69, 9.17) is 10.5 Å².